The molecule has 1 unspecified atom stereocenters. The Morgan fingerprint density at radius 2 is 2.00 bits per heavy atom. The van der Waals surface area contributed by atoms with E-state index in [1.54, 1.807) is 18.2 Å². The first-order valence-electron chi connectivity index (χ1n) is 9.22. The van der Waals surface area contributed by atoms with Gasteiger partial charge in [0.2, 0.25) is 0 Å². The van der Waals surface area contributed by atoms with Crippen LogP contribution in [0.5, 0.6) is 11.5 Å². The molecule has 0 fully saturated rings. The van der Waals surface area contributed by atoms with Crippen molar-refractivity contribution in [2.45, 2.75) is 25.6 Å². The summed E-state index contributed by atoms with van der Waals surface area (Å²) in [7, 11) is 3.04. The average Bonchev–Trinajstić information content (AvgIpc) is 3.20. The number of rotatable bonds is 9. The van der Waals surface area contributed by atoms with E-state index >= 15 is 0 Å². The number of alkyl halides is 3. The second-order valence-electron chi connectivity index (χ2n) is 6.14. The largest absolute Gasteiger partial charge is 0.497 e. The van der Waals surface area contributed by atoms with Crippen molar-refractivity contribution in [1.29, 1.82) is 0 Å². The van der Waals surface area contributed by atoms with Gasteiger partial charge in [0.25, 0.3) is 0 Å². The van der Waals surface area contributed by atoms with Crippen molar-refractivity contribution in [1.82, 2.24) is 15.6 Å². The van der Waals surface area contributed by atoms with Gasteiger partial charge in [0, 0.05) is 30.5 Å². The minimum atomic E-state index is -4.43. The number of benzene rings is 1. The molecule has 0 amide bonds. The highest BCUT2D eigenvalue weighted by atomic mass is 127. The van der Waals surface area contributed by atoms with Gasteiger partial charge in [-0.3, -0.25) is 4.99 Å². The zero-order valence-electron chi connectivity index (χ0n) is 17.3. The molecule has 7 nitrogen and oxygen atoms in total. The maximum atomic E-state index is 12.6. The molecule has 174 valence electrons. The number of nitrogens with one attached hydrogen (secondary N) is 2. The summed E-state index contributed by atoms with van der Waals surface area (Å²) in [6.45, 7) is 2.86. The van der Waals surface area contributed by atoms with E-state index in [4.69, 9.17) is 9.47 Å². The Balaban J connectivity index is 0.00000480. The first-order valence-corrected chi connectivity index (χ1v) is 10.1. The van der Waals surface area contributed by atoms with Crippen LogP contribution in [0.2, 0.25) is 0 Å². The lowest BCUT2D eigenvalue weighted by Gasteiger charge is -2.16. The summed E-state index contributed by atoms with van der Waals surface area (Å²) in [6.07, 6.45) is -5.05. The van der Waals surface area contributed by atoms with E-state index in [1.165, 1.54) is 14.2 Å². The van der Waals surface area contributed by atoms with Gasteiger partial charge in [-0.15, -0.1) is 35.3 Å². The van der Waals surface area contributed by atoms with Gasteiger partial charge in [0.15, 0.2) is 11.7 Å². The Kier molecular flexibility index (Phi) is 11.3. The fraction of sp³-hybridized carbons (Fsp3) is 0.474. The quantitative estimate of drug-likeness (QED) is 0.241. The van der Waals surface area contributed by atoms with Crippen molar-refractivity contribution < 1.29 is 27.8 Å². The molecule has 1 aromatic carbocycles. The van der Waals surface area contributed by atoms with Gasteiger partial charge in [-0.25, -0.2) is 4.98 Å². The molecule has 2 rings (SSSR count). The zero-order valence-corrected chi connectivity index (χ0v) is 20.5. The number of nitrogens with zero attached hydrogens (tertiary/aromatic N) is 2. The molecule has 1 aromatic heterocycles. The minimum Gasteiger partial charge on any atom is -0.497 e. The highest BCUT2D eigenvalue weighted by Crippen LogP contribution is 2.30. The topological polar surface area (TPSA) is 88.0 Å². The lowest BCUT2D eigenvalue weighted by molar-refractivity contribution is -0.140. The fourth-order valence-electron chi connectivity index (χ4n) is 2.56. The van der Waals surface area contributed by atoms with Crippen LogP contribution in [0, 0.1) is 0 Å². The Morgan fingerprint density at radius 3 is 2.58 bits per heavy atom. The number of aliphatic imine (C=N–C) groups is 1. The zero-order chi connectivity index (χ0) is 22.1. The van der Waals surface area contributed by atoms with Crippen LogP contribution in [0.25, 0.3) is 0 Å². The molecule has 1 heterocycles. The third-order valence-corrected chi connectivity index (χ3v) is 4.94. The number of methoxy groups -OCH3 is 2. The monoisotopic (exact) mass is 574 g/mol. The van der Waals surface area contributed by atoms with Gasteiger partial charge in [-0.2, -0.15) is 13.2 Å². The van der Waals surface area contributed by atoms with E-state index in [-0.39, 0.29) is 30.5 Å². The molecule has 0 aliphatic carbocycles. The third-order valence-electron chi connectivity index (χ3n) is 4.04. The smallest absolute Gasteiger partial charge is 0.434 e. The number of hydrogen-bond acceptors (Lipinski definition) is 6. The molecular weight excluding hydrogens is 548 g/mol. The lowest BCUT2D eigenvalue weighted by Crippen LogP contribution is -2.38. The van der Waals surface area contributed by atoms with E-state index in [1.807, 2.05) is 6.92 Å². The molecule has 0 aliphatic rings. The third kappa shape index (κ3) is 8.33. The summed E-state index contributed by atoms with van der Waals surface area (Å²) in [6, 6.07) is 5.11. The average molecular weight is 574 g/mol. The molecule has 3 N–H and O–H groups in total. The number of aromatic nitrogens is 1. The predicted molar refractivity (Wildman–Crippen MR) is 125 cm³/mol. The standard InChI is InChI=1S/C19H25F3N4O3S.HI/c1-4-23-18(24-8-7-17-26-16(11-30-17)19(20,21)22)25-10-14(27)13-9-12(28-2)5-6-15(13)29-3;/h5-6,9,11,14,27H,4,7-8,10H2,1-3H3,(H2,23,24,25);1H. The minimum absolute atomic E-state index is 0. The molecule has 31 heavy (non-hydrogen) atoms. The lowest BCUT2D eigenvalue weighted by atomic mass is 10.1. The highest BCUT2D eigenvalue weighted by Gasteiger charge is 2.33. The van der Waals surface area contributed by atoms with Crippen molar-refractivity contribution in [3.63, 3.8) is 0 Å². The fourth-order valence-corrected chi connectivity index (χ4v) is 3.37. The molecular formula is C19H26F3IN4O3S. The summed E-state index contributed by atoms with van der Waals surface area (Å²) in [5.41, 5.74) is -0.336. The maximum Gasteiger partial charge on any atom is 0.434 e. The SMILES string of the molecule is CCNC(=NCC(O)c1cc(OC)ccc1OC)NCCc1nc(C(F)(F)F)cs1.I. The van der Waals surface area contributed by atoms with Gasteiger partial charge in [0.1, 0.15) is 17.6 Å². The van der Waals surface area contributed by atoms with Gasteiger partial charge in [-0.05, 0) is 25.1 Å². The maximum absolute atomic E-state index is 12.6. The number of hydrogen-bond donors (Lipinski definition) is 3. The molecule has 1 atom stereocenters. The normalized spacial score (nSPS) is 12.7. The molecule has 0 spiro atoms. The Morgan fingerprint density at radius 1 is 1.26 bits per heavy atom. The number of ether oxygens (including phenoxy) is 2. The molecule has 0 radical (unpaired) electrons. The number of aliphatic hydroxyl groups is 1. The Labute approximate surface area is 200 Å². The molecule has 2 aromatic rings. The van der Waals surface area contributed by atoms with E-state index in [9.17, 15) is 18.3 Å². The van der Waals surface area contributed by atoms with Crippen molar-refractivity contribution >= 4 is 41.3 Å². The van der Waals surface area contributed by atoms with Gasteiger partial charge in [0.05, 0.1) is 25.8 Å². The van der Waals surface area contributed by atoms with Crippen molar-refractivity contribution in [3.05, 3.63) is 39.8 Å². The van der Waals surface area contributed by atoms with Crippen molar-refractivity contribution in [2.24, 2.45) is 4.99 Å². The van der Waals surface area contributed by atoms with Crippen LogP contribution >= 0.6 is 35.3 Å². The second kappa shape index (κ2) is 12.9. The first kappa shape index (κ1) is 27.2. The summed E-state index contributed by atoms with van der Waals surface area (Å²) in [5, 5.41) is 18.0. The van der Waals surface area contributed by atoms with E-state index in [0.717, 1.165) is 16.7 Å². The summed E-state index contributed by atoms with van der Waals surface area (Å²) >= 11 is 0.967. The van der Waals surface area contributed by atoms with Crippen molar-refractivity contribution in [2.75, 3.05) is 33.9 Å². The van der Waals surface area contributed by atoms with E-state index in [2.05, 4.69) is 20.6 Å². The molecule has 0 saturated carbocycles. The molecule has 12 heteroatoms. The Hall–Kier alpha value is -1.80. The van der Waals surface area contributed by atoms with Gasteiger partial charge in [-0.1, -0.05) is 0 Å². The number of guanidine groups is 1. The van der Waals surface area contributed by atoms with Crippen LogP contribution in [-0.4, -0.2) is 49.9 Å². The predicted octanol–water partition coefficient (Wildman–Crippen LogP) is 3.63. The van der Waals surface area contributed by atoms with Crippen LogP contribution in [0.3, 0.4) is 0 Å². The highest BCUT2D eigenvalue weighted by molar-refractivity contribution is 14.0. The Bertz CT molecular complexity index is 849. The second-order valence-corrected chi connectivity index (χ2v) is 7.09. The van der Waals surface area contributed by atoms with Crippen LogP contribution in [-0.2, 0) is 12.6 Å². The van der Waals surface area contributed by atoms with Crippen LogP contribution in [0.4, 0.5) is 13.2 Å². The van der Waals surface area contributed by atoms with Crippen LogP contribution in [0.15, 0.2) is 28.6 Å². The van der Waals surface area contributed by atoms with Gasteiger partial charge < -0.3 is 25.2 Å². The molecule has 0 bridgehead atoms. The molecule has 0 saturated heterocycles. The summed E-state index contributed by atoms with van der Waals surface area (Å²) in [5.74, 6) is 1.53. The number of halogens is 4. The summed E-state index contributed by atoms with van der Waals surface area (Å²) in [4.78, 5) is 7.95. The number of aliphatic hydroxyl groups excluding tert-OH is 1. The molecule has 0 aliphatic heterocycles. The summed E-state index contributed by atoms with van der Waals surface area (Å²) < 4.78 is 48.3. The van der Waals surface area contributed by atoms with Crippen LogP contribution in [0.1, 0.15) is 29.3 Å². The van der Waals surface area contributed by atoms with Crippen LogP contribution < -0.4 is 20.1 Å². The number of thiazole rings is 1. The first-order chi connectivity index (χ1) is 14.3. The van der Waals surface area contributed by atoms with Gasteiger partial charge >= 0.3 is 6.18 Å². The van der Waals surface area contributed by atoms with E-state index in [0.29, 0.717) is 47.5 Å². The van der Waals surface area contributed by atoms with Crippen molar-refractivity contribution in [3.8, 4) is 11.5 Å². The van der Waals surface area contributed by atoms with E-state index < -0.39 is 18.0 Å².